The maximum atomic E-state index is 13.6. The van der Waals surface area contributed by atoms with Crippen molar-refractivity contribution in [2.45, 2.75) is 58.5 Å². The Morgan fingerprint density at radius 2 is 1.69 bits per heavy atom. The molecule has 0 saturated carbocycles. The van der Waals surface area contributed by atoms with Crippen molar-refractivity contribution in [1.82, 2.24) is 14.5 Å². The molecular weight excluding hydrogens is 450 g/mol. The number of hydrogen-bond donors (Lipinski definition) is 0. The van der Waals surface area contributed by atoms with Gasteiger partial charge in [0.2, 0.25) is 0 Å². The summed E-state index contributed by atoms with van der Waals surface area (Å²) in [4.78, 5) is 34.3. The van der Waals surface area contributed by atoms with Crippen molar-refractivity contribution >= 4 is 33.7 Å². The first-order chi connectivity index (χ1) is 17.5. The molecule has 4 aromatic rings. The van der Waals surface area contributed by atoms with Gasteiger partial charge >= 0.3 is 5.97 Å². The number of aromatic nitrogens is 2. The van der Waals surface area contributed by atoms with Crippen molar-refractivity contribution in [1.29, 1.82) is 0 Å². The minimum Gasteiger partial charge on any atom is -0.452 e. The van der Waals surface area contributed by atoms with Gasteiger partial charge in [0.1, 0.15) is 0 Å². The Bertz CT molecular complexity index is 1500. The molecule has 1 aliphatic carbocycles. The summed E-state index contributed by atoms with van der Waals surface area (Å²) < 4.78 is 7.56. The Hall–Kier alpha value is -3.51. The first-order valence-corrected chi connectivity index (χ1v) is 13.0. The van der Waals surface area contributed by atoms with Crippen molar-refractivity contribution in [3.05, 3.63) is 76.6 Å². The van der Waals surface area contributed by atoms with Gasteiger partial charge in [0, 0.05) is 53.3 Å². The van der Waals surface area contributed by atoms with Gasteiger partial charge in [0.15, 0.2) is 6.61 Å². The summed E-state index contributed by atoms with van der Waals surface area (Å²) in [6, 6.07) is 16.1. The summed E-state index contributed by atoms with van der Waals surface area (Å²) in [5.74, 6) is -0.645. The Morgan fingerprint density at radius 3 is 2.53 bits per heavy atom. The zero-order valence-electron chi connectivity index (χ0n) is 20.9. The minimum absolute atomic E-state index is 0.196. The number of nitrogens with zero attached hydrogens (tertiary/aromatic N) is 3. The summed E-state index contributed by atoms with van der Waals surface area (Å²) >= 11 is 0. The molecule has 2 aliphatic rings. The van der Waals surface area contributed by atoms with Crippen LogP contribution in [-0.2, 0) is 30.5 Å². The third-order valence-electron chi connectivity index (χ3n) is 7.77. The second-order valence-electron chi connectivity index (χ2n) is 10.2. The molecule has 2 aromatic heterocycles. The monoisotopic (exact) mass is 481 g/mol. The van der Waals surface area contributed by atoms with Crippen LogP contribution in [0.25, 0.3) is 21.8 Å². The van der Waals surface area contributed by atoms with E-state index in [0.717, 1.165) is 77.4 Å². The lowest BCUT2D eigenvalue weighted by Crippen LogP contribution is -2.37. The minimum atomic E-state index is -0.450. The largest absolute Gasteiger partial charge is 0.452 e. The molecule has 0 unspecified atom stereocenters. The van der Waals surface area contributed by atoms with E-state index >= 15 is 0 Å². The maximum absolute atomic E-state index is 13.6. The quantitative estimate of drug-likeness (QED) is 0.369. The SMILES string of the molecule is CC(C)N1CCc2nc3ccccc3c(C(=O)OCC(=O)n3c4c(c5ccccc53)CCCC4)c2C1. The zero-order chi connectivity index (χ0) is 24.8. The number of benzene rings is 2. The van der Waals surface area contributed by atoms with Crippen LogP contribution in [0.4, 0.5) is 0 Å². The summed E-state index contributed by atoms with van der Waals surface area (Å²) in [5.41, 5.74) is 6.46. The van der Waals surface area contributed by atoms with Crippen LogP contribution < -0.4 is 0 Å². The fraction of sp³-hybridized carbons (Fsp3) is 0.367. The number of esters is 1. The second kappa shape index (κ2) is 9.17. The zero-order valence-corrected chi connectivity index (χ0v) is 20.9. The number of fused-ring (bicyclic) bond motifs is 5. The van der Waals surface area contributed by atoms with Gasteiger partial charge in [0.05, 0.1) is 16.6 Å². The van der Waals surface area contributed by atoms with Crippen molar-refractivity contribution in [2.24, 2.45) is 0 Å². The first kappa shape index (κ1) is 22.9. The molecule has 0 fully saturated rings. The summed E-state index contributed by atoms with van der Waals surface area (Å²) in [5, 5.41) is 1.91. The Morgan fingerprint density at radius 1 is 0.944 bits per heavy atom. The number of carbonyl (C=O) groups is 2. The topological polar surface area (TPSA) is 64.4 Å². The number of pyridine rings is 1. The van der Waals surface area contributed by atoms with E-state index in [1.54, 1.807) is 4.57 Å². The lowest BCUT2D eigenvalue weighted by Gasteiger charge is -2.32. The molecule has 184 valence electrons. The number of ether oxygens (including phenoxy) is 1. The molecular formula is C30H31N3O3. The van der Waals surface area contributed by atoms with Crippen molar-refractivity contribution in [3.63, 3.8) is 0 Å². The number of hydrogen-bond acceptors (Lipinski definition) is 5. The van der Waals surface area contributed by atoms with Crippen LogP contribution in [0.1, 0.15) is 64.4 Å². The van der Waals surface area contributed by atoms with Crippen molar-refractivity contribution < 1.29 is 14.3 Å². The Labute approximate surface area is 210 Å². The van der Waals surface area contributed by atoms with E-state index in [-0.39, 0.29) is 12.5 Å². The molecule has 0 N–H and O–H groups in total. The highest BCUT2D eigenvalue weighted by molar-refractivity contribution is 6.06. The fourth-order valence-corrected chi connectivity index (χ4v) is 5.93. The van der Waals surface area contributed by atoms with E-state index in [2.05, 4.69) is 24.8 Å². The van der Waals surface area contributed by atoms with Gasteiger partial charge in [-0.25, -0.2) is 4.79 Å². The lowest BCUT2D eigenvalue weighted by molar-refractivity contribution is 0.0448. The van der Waals surface area contributed by atoms with Crippen LogP contribution in [0.5, 0.6) is 0 Å². The standard InChI is InChI=1S/C30H31N3O3/c1-19(2)32-16-15-25-23(17-32)29(22-11-3-6-12-24(22)31-25)30(35)36-18-28(34)33-26-13-7-4-9-20(26)21-10-5-8-14-27(21)33/h3-4,6-7,9,11-13,19H,5,8,10,14-18H2,1-2H3. The molecule has 0 bridgehead atoms. The molecule has 0 atom stereocenters. The van der Waals surface area contributed by atoms with E-state index in [4.69, 9.17) is 9.72 Å². The summed E-state index contributed by atoms with van der Waals surface area (Å²) in [7, 11) is 0. The average molecular weight is 482 g/mol. The van der Waals surface area contributed by atoms with Gasteiger partial charge < -0.3 is 4.74 Å². The maximum Gasteiger partial charge on any atom is 0.339 e. The van der Waals surface area contributed by atoms with E-state index in [1.807, 2.05) is 42.5 Å². The number of aryl methyl sites for hydroxylation is 1. The average Bonchev–Trinajstić information content (AvgIpc) is 3.24. The molecule has 0 saturated heterocycles. The van der Waals surface area contributed by atoms with Gasteiger partial charge in [-0.1, -0.05) is 36.4 Å². The smallest absolute Gasteiger partial charge is 0.339 e. The summed E-state index contributed by atoms with van der Waals surface area (Å²) in [6.45, 7) is 5.60. The van der Waals surface area contributed by atoms with E-state index < -0.39 is 5.97 Å². The Kier molecular flexibility index (Phi) is 5.84. The molecule has 0 amide bonds. The predicted octanol–water partition coefficient (Wildman–Crippen LogP) is 5.33. The normalized spacial score (nSPS) is 15.8. The number of rotatable bonds is 4. The lowest BCUT2D eigenvalue weighted by atomic mass is 9.95. The molecule has 6 nitrogen and oxygen atoms in total. The van der Waals surface area contributed by atoms with Crippen molar-refractivity contribution in [2.75, 3.05) is 13.2 Å². The van der Waals surface area contributed by atoms with Gasteiger partial charge in [-0.2, -0.15) is 0 Å². The van der Waals surface area contributed by atoms with Crippen LogP contribution in [0.3, 0.4) is 0 Å². The van der Waals surface area contributed by atoms with Gasteiger partial charge in [-0.3, -0.25) is 19.2 Å². The van der Waals surface area contributed by atoms with Gasteiger partial charge in [-0.05, 0) is 57.2 Å². The molecule has 36 heavy (non-hydrogen) atoms. The first-order valence-electron chi connectivity index (χ1n) is 13.0. The van der Waals surface area contributed by atoms with E-state index in [1.165, 1.54) is 5.56 Å². The van der Waals surface area contributed by atoms with Crippen LogP contribution in [0.15, 0.2) is 48.5 Å². The fourth-order valence-electron chi connectivity index (χ4n) is 5.93. The van der Waals surface area contributed by atoms with Crippen LogP contribution in [0, 0.1) is 0 Å². The molecule has 6 heteroatoms. The third kappa shape index (κ3) is 3.80. The van der Waals surface area contributed by atoms with Crippen LogP contribution in [0.2, 0.25) is 0 Å². The van der Waals surface area contributed by atoms with E-state index in [0.29, 0.717) is 18.2 Å². The van der Waals surface area contributed by atoms with E-state index in [9.17, 15) is 9.59 Å². The second-order valence-corrected chi connectivity index (χ2v) is 10.2. The molecule has 1 aliphatic heterocycles. The van der Waals surface area contributed by atoms with Crippen LogP contribution in [-0.4, -0.2) is 45.5 Å². The predicted molar refractivity (Wildman–Crippen MR) is 140 cm³/mol. The highest BCUT2D eigenvalue weighted by atomic mass is 16.5. The highest BCUT2D eigenvalue weighted by Crippen LogP contribution is 2.33. The molecule has 0 spiro atoms. The Balaban J connectivity index is 1.34. The third-order valence-corrected chi connectivity index (χ3v) is 7.77. The highest BCUT2D eigenvalue weighted by Gasteiger charge is 2.29. The van der Waals surface area contributed by atoms with Gasteiger partial charge in [0.25, 0.3) is 5.91 Å². The number of carbonyl (C=O) groups excluding carboxylic acids is 2. The van der Waals surface area contributed by atoms with Crippen LogP contribution >= 0.6 is 0 Å². The van der Waals surface area contributed by atoms with Gasteiger partial charge in [-0.15, -0.1) is 0 Å². The molecule has 2 aromatic carbocycles. The van der Waals surface area contributed by atoms with Crippen molar-refractivity contribution in [3.8, 4) is 0 Å². The molecule has 3 heterocycles. The number of para-hydroxylation sites is 2. The molecule has 0 radical (unpaired) electrons. The summed E-state index contributed by atoms with van der Waals surface area (Å²) in [6.07, 6.45) is 4.85. The molecule has 6 rings (SSSR count).